The largest absolute Gasteiger partial charge is 0.491 e. The minimum atomic E-state index is -0.156. The molecule has 29 heavy (non-hydrogen) atoms. The Hall–Kier alpha value is -2.79. The first kappa shape index (κ1) is 19.5. The number of carbonyl (C=O) groups excluding carboxylic acids is 1. The van der Waals surface area contributed by atoms with Crippen LogP contribution >= 0.6 is 15.9 Å². The van der Waals surface area contributed by atoms with Crippen LogP contribution in [0.2, 0.25) is 0 Å². The number of benzene rings is 3. The molecule has 1 heterocycles. The molecule has 1 amide bonds. The lowest BCUT2D eigenvalue weighted by atomic mass is 10.0. The fourth-order valence-corrected chi connectivity index (χ4v) is 4.16. The van der Waals surface area contributed by atoms with Crippen molar-refractivity contribution in [2.45, 2.75) is 18.9 Å². The number of carbonyl (C=O) groups is 1. The predicted molar refractivity (Wildman–Crippen MR) is 120 cm³/mol. The molecule has 3 aromatic carbocycles. The molecule has 0 saturated heterocycles. The first-order chi connectivity index (χ1) is 14.2. The van der Waals surface area contributed by atoms with E-state index in [1.807, 2.05) is 77.7 Å². The van der Waals surface area contributed by atoms with Crippen LogP contribution in [0.4, 0.5) is 11.4 Å². The summed E-state index contributed by atoms with van der Waals surface area (Å²) in [5, 5.41) is 3.54. The van der Waals surface area contributed by atoms with Crippen molar-refractivity contribution >= 4 is 33.2 Å². The molecule has 148 valence electrons. The van der Waals surface area contributed by atoms with Gasteiger partial charge in [-0.25, -0.2) is 0 Å². The zero-order valence-electron chi connectivity index (χ0n) is 16.1. The summed E-state index contributed by atoms with van der Waals surface area (Å²) < 4.78 is 6.80. The maximum Gasteiger partial charge on any atom is 0.229 e. The highest BCUT2D eigenvalue weighted by atomic mass is 79.9. The molecule has 0 bridgehead atoms. The lowest BCUT2D eigenvalue weighted by Crippen LogP contribution is -2.33. The third-order valence-electron chi connectivity index (χ3n) is 5.01. The highest BCUT2D eigenvalue weighted by molar-refractivity contribution is 9.10. The molecule has 3 aromatic rings. The second-order valence-electron chi connectivity index (χ2n) is 7.00. The number of hydrogen-bond acceptors (Lipinski definition) is 3. The average molecular weight is 451 g/mol. The van der Waals surface area contributed by atoms with Crippen LogP contribution < -0.4 is 15.0 Å². The van der Waals surface area contributed by atoms with Gasteiger partial charge >= 0.3 is 0 Å². The second-order valence-corrected chi connectivity index (χ2v) is 7.86. The summed E-state index contributed by atoms with van der Waals surface area (Å²) >= 11 is 3.65. The number of rotatable bonds is 5. The van der Waals surface area contributed by atoms with E-state index in [2.05, 4.69) is 27.3 Å². The summed E-state index contributed by atoms with van der Waals surface area (Å²) in [4.78, 5) is 15.3. The Bertz CT molecular complexity index is 977. The quantitative estimate of drug-likeness (QED) is 0.533. The van der Waals surface area contributed by atoms with Gasteiger partial charge in [-0.15, -0.1) is 0 Å². The molecule has 1 N–H and O–H groups in total. The van der Waals surface area contributed by atoms with Crippen LogP contribution in [-0.2, 0) is 4.79 Å². The summed E-state index contributed by atoms with van der Waals surface area (Å²) in [6, 6.07) is 25.7. The minimum absolute atomic E-state index is 0.0761. The van der Waals surface area contributed by atoms with E-state index in [1.54, 1.807) is 0 Å². The van der Waals surface area contributed by atoms with E-state index >= 15 is 0 Å². The Morgan fingerprint density at radius 1 is 1.00 bits per heavy atom. The Kier molecular flexibility index (Phi) is 6.15. The molecule has 1 aliphatic heterocycles. The summed E-state index contributed by atoms with van der Waals surface area (Å²) in [6.45, 7) is 1.28. The molecule has 4 nitrogen and oxygen atoms in total. The minimum Gasteiger partial charge on any atom is -0.491 e. The Labute approximate surface area is 179 Å². The maximum atomic E-state index is 13.4. The predicted octanol–water partition coefficient (Wildman–Crippen LogP) is 5.81. The number of nitrogens with zero attached hydrogens (tertiary/aromatic N) is 1. The third-order valence-corrected chi connectivity index (χ3v) is 5.74. The highest BCUT2D eigenvalue weighted by Crippen LogP contribution is 2.34. The van der Waals surface area contributed by atoms with Gasteiger partial charge in [0.25, 0.3) is 0 Å². The van der Waals surface area contributed by atoms with Crippen molar-refractivity contribution in [3.8, 4) is 5.75 Å². The van der Waals surface area contributed by atoms with Gasteiger partial charge in [-0.3, -0.25) is 4.79 Å². The van der Waals surface area contributed by atoms with Crippen LogP contribution in [0.1, 0.15) is 24.4 Å². The van der Waals surface area contributed by atoms with Crippen molar-refractivity contribution in [1.82, 2.24) is 0 Å². The molecule has 1 unspecified atom stereocenters. The van der Waals surface area contributed by atoms with Crippen LogP contribution in [0.5, 0.6) is 5.75 Å². The number of halogens is 1. The van der Waals surface area contributed by atoms with Crippen LogP contribution in [0.25, 0.3) is 0 Å². The van der Waals surface area contributed by atoms with Gasteiger partial charge < -0.3 is 15.0 Å². The smallest absolute Gasteiger partial charge is 0.229 e. The van der Waals surface area contributed by atoms with Gasteiger partial charge in [-0.1, -0.05) is 64.5 Å². The van der Waals surface area contributed by atoms with Crippen molar-refractivity contribution < 1.29 is 9.53 Å². The zero-order chi connectivity index (χ0) is 20.1. The zero-order valence-corrected chi connectivity index (χ0v) is 17.6. The van der Waals surface area contributed by atoms with E-state index in [0.29, 0.717) is 19.6 Å². The van der Waals surface area contributed by atoms with Gasteiger partial charge in [0.05, 0.1) is 24.8 Å². The molecule has 0 fully saturated rings. The molecule has 0 aliphatic carbocycles. The Balaban J connectivity index is 1.62. The fourth-order valence-electron chi connectivity index (χ4n) is 3.60. The molecule has 1 aliphatic rings. The van der Waals surface area contributed by atoms with Gasteiger partial charge in [0, 0.05) is 16.7 Å². The molecule has 0 aromatic heterocycles. The van der Waals surface area contributed by atoms with Gasteiger partial charge in [-0.2, -0.15) is 0 Å². The van der Waals surface area contributed by atoms with Crippen LogP contribution in [0.15, 0.2) is 83.3 Å². The first-order valence-corrected chi connectivity index (χ1v) is 10.6. The van der Waals surface area contributed by atoms with E-state index < -0.39 is 0 Å². The summed E-state index contributed by atoms with van der Waals surface area (Å²) in [6.07, 6.45) is 1.15. The van der Waals surface area contributed by atoms with Crippen LogP contribution in [-0.4, -0.2) is 19.1 Å². The van der Waals surface area contributed by atoms with E-state index in [-0.39, 0.29) is 11.9 Å². The van der Waals surface area contributed by atoms with Crippen molar-refractivity contribution in [2.24, 2.45) is 0 Å². The lowest BCUT2D eigenvalue weighted by Gasteiger charge is -2.26. The number of nitrogens with one attached hydrogen (secondary N) is 1. The van der Waals surface area contributed by atoms with E-state index in [9.17, 15) is 4.79 Å². The summed E-state index contributed by atoms with van der Waals surface area (Å²) in [7, 11) is 0. The molecule has 4 rings (SSSR count). The molecule has 0 spiro atoms. The molecule has 0 radical (unpaired) electrons. The van der Waals surface area contributed by atoms with E-state index in [1.165, 1.54) is 0 Å². The molecule has 1 atom stereocenters. The highest BCUT2D eigenvalue weighted by Gasteiger charge is 2.26. The number of amides is 1. The topological polar surface area (TPSA) is 41.6 Å². The molecular weight excluding hydrogens is 428 g/mol. The Morgan fingerprint density at radius 3 is 2.55 bits per heavy atom. The van der Waals surface area contributed by atoms with Gasteiger partial charge in [0.1, 0.15) is 5.75 Å². The van der Waals surface area contributed by atoms with Crippen LogP contribution in [0.3, 0.4) is 0 Å². The standard InChI is InChI=1S/C24H23BrN2O2/c25-20-12-5-4-11-19(20)21(26-18-9-2-1-3-10-18)17-24(28)27-15-8-16-29-23-14-7-6-13-22(23)27/h1-7,9-14,21,26H,8,15-17H2. The van der Waals surface area contributed by atoms with Gasteiger partial charge in [0.2, 0.25) is 5.91 Å². The second kappa shape index (κ2) is 9.14. The van der Waals surface area contributed by atoms with Gasteiger partial charge in [0.15, 0.2) is 0 Å². The number of hydrogen-bond donors (Lipinski definition) is 1. The molecule has 5 heteroatoms. The molecular formula is C24H23BrN2O2. The Morgan fingerprint density at radius 2 is 1.72 bits per heavy atom. The SMILES string of the molecule is O=C(CC(Nc1ccccc1)c1ccccc1Br)N1CCCOc2ccccc21. The van der Waals surface area contributed by atoms with Crippen LogP contribution in [0, 0.1) is 0 Å². The van der Waals surface area contributed by atoms with Crippen molar-refractivity contribution in [3.05, 3.63) is 88.9 Å². The molecule has 0 saturated carbocycles. The van der Waals surface area contributed by atoms with E-state index in [4.69, 9.17) is 4.74 Å². The number of fused-ring (bicyclic) bond motifs is 1. The average Bonchev–Trinajstić information content (AvgIpc) is 2.97. The van der Waals surface area contributed by atoms with Crippen molar-refractivity contribution in [3.63, 3.8) is 0 Å². The van der Waals surface area contributed by atoms with Gasteiger partial charge in [-0.05, 0) is 42.3 Å². The number of ether oxygens (including phenoxy) is 1. The number of anilines is 2. The summed E-state index contributed by atoms with van der Waals surface area (Å²) in [5.41, 5.74) is 2.89. The normalized spacial score (nSPS) is 14.3. The summed E-state index contributed by atoms with van der Waals surface area (Å²) in [5.74, 6) is 0.846. The lowest BCUT2D eigenvalue weighted by molar-refractivity contribution is -0.118. The fraction of sp³-hybridized carbons (Fsp3) is 0.208. The first-order valence-electron chi connectivity index (χ1n) is 9.80. The number of para-hydroxylation sites is 3. The monoisotopic (exact) mass is 450 g/mol. The maximum absolute atomic E-state index is 13.4. The van der Waals surface area contributed by atoms with E-state index in [0.717, 1.165) is 33.6 Å². The van der Waals surface area contributed by atoms with Crippen molar-refractivity contribution in [2.75, 3.05) is 23.4 Å². The van der Waals surface area contributed by atoms with Crippen molar-refractivity contribution in [1.29, 1.82) is 0 Å². The third kappa shape index (κ3) is 4.62.